The molecule has 0 aromatic heterocycles. The molecular formula is C12H13NO3. The lowest BCUT2D eigenvalue weighted by Crippen LogP contribution is -2.01. The molecule has 0 saturated carbocycles. The average Bonchev–Trinajstić information content (AvgIpc) is 2.31. The van der Waals surface area contributed by atoms with Crippen LogP contribution in [-0.4, -0.2) is 19.5 Å². The highest BCUT2D eigenvalue weighted by atomic mass is 16.5. The van der Waals surface area contributed by atoms with Crippen LogP contribution in [0.3, 0.4) is 0 Å². The van der Waals surface area contributed by atoms with Gasteiger partial charge in [-0.1, -0.05) is 0 Å². The van der Waals surface area contributed by atoms with Crippen LogP contribution < -0.4 is 9.47 Å². The summed E-state index contributed by atoms with van der Waals surface area (Å²) in [6.07, 6.45) is 1.13. The number of hydrogen-bond donors (Lipinski definition) is 0. The van der Waals surface area contributed by atoms with Gasteiger partial charge in [-0.05, 0) is 19.1 Å². The van der Waals surface area contributed by atoms with Crippen molar-refractivity contribution in [1.82, 2.24) is 0 Å². The Morgan fingerprint density at radius 2 is 2.19 bits per heavy atom. The first-order valence-electron chi connectivity index (χ1n) is 5.05. The third kappa shape index (κ3) is 3.28. The first kappa shape index (κ1) is 12.1. The van der Waals surface area contributed by atoms with E-state index < -0.39 is 0 Å². The Morgan fingerprint density at radius 3 is 2.81 bits per heavy atom. The molecule has 0 atom stereocenters. The molecule has 1 aromatic carbocycles. The zero-order chi connectivity index (χ0) is 11.8. The number of carbonyl (C=O) groups excluding carboxylic acids is 1. The summed E-state index contributed by atoms with van der Waals surface area (Å²) < 4.78 is 10.7. The van der Waals surface area contributed by atoms with Gasteiger partial charge in [0.15, 0.2) is 11.5 Å². The second-order valence-corrected chi connectivity index (χ2v) is 3.01. The summed E-state index contributed by atoms with van der Waals surface area (Å²) in [6, 6.07) is 6.98. The predicted molar refractivity (Wildman–Crippen MR) is 58.5 cm³/mol. The van der Waals surface area contributed by atoms with Crippen LogP contribution in [0.5, 0.6) is 11.5 Å². The maximum atomic E-state index is 10.2. The molecule has 0 fully saturated rings. The molecule has 0 saturated heterocycles. The van der Waals surface area contributed by atoms with E-state index in [1.807, 2.05) is 13.0 Å². The van der Waals surface area contributed by atoms with E-state index in [0.717, 1.165) is 6.29 Å². The number of benzene rings is 1. The van der Waals surface area contributed by atoms with E-state index in [4.69, 9.17) is 14.7 Å². The Bertz CT molecular complexity index is 396. The number of nitrogens with zero attached hydrogens (tertiary/aromatic N) is 1. The van der Waals surface area contributed by atoms with Crippen LogP contribution in [0, 0.1) is 11.3 Å². The van der Waals surface area contributed by atoms with Crippen molar-refractivity contribution in [2.75, 3.05) is 13.2 Å². The molecule has 4 nitrogen and oxygen atoms in total. The molecule has 4 heteroatoms. The summed E-state index contributed by atoms with van der Waals surface area (Å²) in [4.78, 5) is 10.2. The van der Waals surface area contributed by atoms with Crippen molar-refractivity contribution in [1.29, 1.82) is 5.26 Å². The SMILES string of the molecule is CCOc1cc(C#N)ccc1OCCC=O. The highest BCUT2D eigenvalue weighted by Crippen LogP contribution is 2.28. The van der Waals surface area contributed by atoms with Gasteiger partial charge in [0.2, 0.25) is 0 Å². The average molecular weight is 219 g/mol. The van der Waals surface area contributed by atoms with E-state index in [1.54, 1.807) is 18.2 Å². The molecule has 0 aliphatic carbocycles. The van der Waals surface area contributed by atoms with E-state index in [0.29, 0.717) is 36.7 Å². The quantitative estimate of drug-likeness (QED) is 0.541. The Morgan fingerprint density at radius 1 is 1.38 bits per heavy atom. The molecule has 16 heavy (non-hydrogen) atoms. The van der Waals surface area contributed by atoms with Crippen LogP contribution in [0.2, 0.25) is 0 Å². The van der Waals surface area contributed by atoms with Gasteiger partial charge in [0, 0.05) is 12.5 Å². The summed E-state index contributed by atoms with van der Waals surface area (Å²) in [5.41, 5.74) is 0.520. The maximum absolute atomic E-state index is 10.2. The van der Waals surface area contributed by atoms with Crippen LogP contribution in [0.25, 0.3) is 0 Å². The zero-order valence-corrected chi connectivity index (χ0v) is 9.10. The molecule has 0 unspecified atom stereocenters. The van der Waals surface area contributed by atoms with E-state index in [2.05, 4.69) is 0 Å². The molecule has 84 valence electrons. The lowest BCUT2D eigenvalue weighted by atomic mass is 10.2. The van der Waals surface area contributed by atoms with Gasteiger partial charge in [0.25, 0.3) is 0 Å². The largest absolute Gasteiger partial charge is 0.490 e. The normalized spacial score (nSPS) is 9.25. The number of ether oxygens (including phenoxy) is 2. The van der Waals surface area contributed by atoms with Crippen molar-refractivity contribution in [3.63, 3.8) is 0 Å². The second kappa shape index (κ2) is 6.46. The topological polar surface area (TPSA) is 59.3 Å². The summed E-state index contributed by atoms with van der Waals surface area (Å²) >= 11 is 0. The van der Waals surface area contributed by atoms with Gasteiger partial charge in [0.05, 0.1) is 24.8 Å². The minimum absolute atomic E-state index is 0.315. The minimum atomic E-state index is 0.315. The molecule has 0 N–H and O–H groups in total. The highest BCUT2D eigenvalue weighted by molar-refractivity contribution is 5.50. The Labute approximate surface area is 94.4 Å². The summed E-state index contributed by atoms with van der Waals surface area (Å²) in [5.74, 6) is 1.09. The van der Waals surface area contributed by atoms with Gasteiger partial charge in [-0.3, -0.25) is 0 Å². The molecule has 0 spiro atoms. The molecule has 0 aliphatic heterocycles. The molecule has 0 amide bonds. The smallest absolute Gasteiger partial charge is 0.162 e. The highest BCUT2D eigenvalue weighted by Gasteiger charge is 2.05. The Hall–Kier alpha value is -2.02. The van der Waals surface area contributed by atoms with E-state index in [1.165, 1.54) is 0 Å². The molecular weight excluding hydrogens is 206 g/mol. The standard InChI is InChI=1S/C12H13NO3/c1-2-15-12-8-10(9-13)4-5-11(12)16-7-3-6-14/h4-6,8H,2-3,7H2,1H3. The summed E-state index contributed by atoms with van der Waals surface area (Å²) in [6.45, 7) is 2.67. The second-order valence-electron chi connectivity index (χ2n) is 3.01. The first-order valence-corrected chi connectivity index (χ1v) is 5.05. The Balaban J connectivity index is 2.81. The van der Waals surface area contributed by atoms with Gasteiger partial charge in [0.1, 0.15) is 6.29 Å². The van der Waals surface area contributed by atoms with Crippen molar-refractivity contribution in [2.45, 2.75) is 13.3 Å². The van der Waals surface area contributed by atoms with Gasteiger partial charge in [-0.15, -0.1) is 0 Å². The van der Waals surface area contributed by atoms with Crippen LogP contribution in [-0.2, 0) is 4.79 Å². The molecule has 0 aliphatic rings. The number of aldehydes is 1. The maximum Gasteiger partial charge on any atom is 0.162 e. The molecule has 0 radical (unpaired) electrons. The van der Waals surface area contributed by atoms with Crippen molar-refractivity contribution in [2.24, 2.45) is 0 Å². The lowest BCUT2D eigenvalue weighted by Gasteiger charge is -2.10. The van der Waals surface area contributed by atoms with Crippen LogP contribution in [0.1, 0.15) is 18.9 Å². The molecule has 1 aromatic rings. The lowest BCUT2D eigenvalue weighted by molar-refractivity contribution is -0.108. The van der Waals surface area contributed by atoms with E-state index in [9.17, 15) is 4.79 Å². The third-order valence-electron chi connectivity index (χ3n) is 1.87. The summed E-state index contributed by atoms with van der Waals surface area (Å²) in [7, 11) is 0. The fourth-order valence-electron chi connectivity index (χ4n) is 1.18. The van der Waals surface area contributed by atoms with Crippen molar-refractivity contribution in [3.05, 3.63) is 23.8 Å². The van der Waals surface area contributed by atoms with Crippen molar-refractivity contribution in [3.8, 4) is 17.6 Å². The minimum Gasteiger partial charge on any atom is -0.490 e. The number of rotatable bonds is 6. The van der Waals surface area contributed by atoms with Gasteiger partial charge >= 0.3 is 0 Å². The molecule has 0 bridgehead atoms. The fraction of sp³-hybridized carbons (Fsp3) is 0.333. The Kier molecular flexibility index (Phi) is 4.87. The van der Waals surface area contributed by atoms with Crippen LogP contribution >= 0.6 is 0 Å². The van der Waals surface area contributed by atoms with E-state index in [-0.39, 0.29) is 0 Å². The monoisotopic (exact) mass is 219 g/mol. The van der Waals surface area contributed by atoms with Crippen molar-refractivity contribution < 1.29 is 14.3 Å². The van der Waals surface area contributed by atoms with Crippen molar-refractivity contribution >= 4 is 6.29 Å². The molecule has 1 rings (SSSR count). The van der Waals surface area contributed by atoms with Crippen LogP contribution in [0.4, 0.5) is 0 Å². The number of hydrogen-bond acceptors (Lipinski definition) is 4. The van der Waals surface area contributed by atoms with Gasteiger partial charge in [-0.2, -0.15) is 5.26 Å². The summed E-state index contributed by atoms with van der Waals surface area (Å²) in [5, 5.41) is 8.74. The number of carbonyl (C=O) groups is 1. The van der Waals surface area contributed by atoms with E-state index >= 15 is 0 Å². The predicted octanol–water partition coefficient (Wildman–Crippen LogP) is 1.92. The van der Waals surface area contributed by atoms with Crippen LogP contribution in [0.15, 0.2) is 18.2 Å². The third-order valence-corrected chi connectivity index (χ3v) is 1.87. The van der Waals surface area contributed by atoms with Gasteiger partial charge < -0.3 is 14.3 Å². The fourth-order valence-corrected chi connectivity index (χ4v) is 1.18. The van der Waals surface area contributed by atoms with Gasteiger partial charge in [-0.25, -0.2) is 0 Å². The zero-order valence-electron chi connectivity index (χ0n) is 9.10. The number of nitriles is 1. The molecule has 0 heterocycles. The first-order chi connectivity index (χ1) is 7.81.